The molecule has 5 nitrogen and oxygen atoms in total. The number of halogens is 2. The Kier molecular flexibility index (Phi) is 9.69. The number of nitrogens with zero attached hydrogens (tertiary/aromatic N) is 1. The van der Waals surface area contributed by atoms with Gasteiger partial charge in [-0.25, -0.2) is 4.98 Å². The van der Waals surface area contributed by atoms with Crippen LogP contribution in [0.25, 0.3) is 0 Å². The first-order valence-corrected chi connectivity index (χ1v) is 9.37. The Morgan fingerprint density at radius 3 is 2.62 bits per heavy atom. The standard InChI is InChI=1S/C19H30N4O.2ClH/c20-17(19(24)23-12-13-8-9-18(21)22-11-13)10-15-6-3-5-14-4-1-2-7-16(14)15;;/h8-9,11,14-17H,1-7,10,12,20H2,(H2,21,22)(H,23,24);2*1H. The summed E-state index contributed by atoms with van der Waals surface area (Å²) in [6.07, 6.45) is 11.9. The fourth-order valence-corrected chi connectivity index (χ4v) is 4.66. The van der Waals surface area contributed by atoms with Crippen molar-refractivity contribution in [3.05, 3.63) is 23.9 Å². The van der Waals surface area contributed by atoms with Crippen LogP contribution in [0.4, 0.5) is 5.82 Å². The van der Waals surface area contributed by atoms with Gasteiger partial charge in [0.05, 0.1) is 6.04 Å². The van der Waals surface area contributed by atoms with Crippen LogP contribution in [0.1, 0.15) is 56.9 Å². The van der Waals surface area contributed by atoms with E-state index < -0.39 is 6.04 Å². The lowest BCUT2D eigenvalue weighted by molar-refractivity contribution is -0.123. The van der Waals surface area contributed by atoms with Crippen LogP contribution in [0, 0.1) is 17.8 Å². The number of fused-ring (bicyclic) bond motifs is 1. The molecule has 2 saturated carbocycles. The smallest absolute Gasteiger partial charge is 0.237 e. The second-order valence-corrected chi connectivity index (χ2v) is 7.55. The van der Waals surface area contributed by atoms with Gasteiger partial charge in [-0.15, -0.1) is 24.8 Å². The first kappa shape index (κ1) is 23.0. The molecule has 1 amide bonds. The molecule has 4 unspecified atom stereocenters. The molecule has 0 aromatic carbocycles. The third-order valence-electron chi connectivity index (χ3n) is 5.93. The van der Waals surface area contributed by atoms with Gasteiger partial charge >= 0.3 is 0 Å². The predicted octanol–water partition coefficient (Wildman–Crippen LogP) is 3.45. The van der Waals surface area contributed by atoms with Crippen LogP contribution >= 0.6 is 24.8 Å². The largest absolute Gasteiger partial charge is 0.384 e. The molecule has 0 saturated heterocycles. The lowest BCUT2D eigenvalue weighted by Gasteiger charge is -2.42. The quantitative estimate of drug-likeness (QED) is 0.702. The molecule has 5 N–H and O–H groups in total. The van der Waals surface area contributed by atoms with E-state index in [-0.39, 0.29) is 30.7 Å². The van der Waals surface area contributed by atoms with Gasteiger partial charge in [0.15, 0.2) is 0 Å². The molecule has 3 rings (SSSR count). The molecule has 2 aliphatic rings. The summed E-state index contributed by atoms with van der Waals surface area (Å²) < 4.78 is 0. The highest BCUT2D eigenvalue weighted by molar-refractivity contribution is 5.85. The molecule has 7 heteroatoms. The van der Waals surface area contributed by atoms with Crippen LogP contribution < -0.4 is 16.8 Å². The number of pyridine rings is 1. The number of aromatic nitrogens is 1. The normalized spacial score (nSPS) is 25.8. The molecule has 4 atom stereocenters. The van der Waals surface area contributed by atoms with Crippen LogP contribution in [0.3, 0.4) is 0 Å². The lowest BCUT2D eigenvalue weighted by Crippen LogP contribution is -2.43. The van der Waals surface area contributed by atoms with Crippen molar-refractivity contribution < 1.29 is 4.79 Å². The summed E-state index contributed by atoms with van der Waals surface area (Å²) in [5, 5.41) is 2.94. The second kappa shape index (κ2) is 11.0. The average Bonchev–Trinajstić information content (AvgIpc) is 2.61. The third kappa shape index (κ3) is 6.00. The van der Waals surface area contributed by atoms with E-state index in [1.165, 1.54) is 44.9 Å². The molecule has 2 aliphatic carbocycles. The maximum Gasteiger partial charge on any atom is 0.237 e. The molecule has 1 heterocycles. The summed E-state index contributed by atoms with van der Waals surface area (Å²) in [5.41, 5.74) is 12.7. The summed E-state index contributed by atoms with van der Waals surface area (Å²) in [4.78, 5) is 16.4. The highest BCUT2D eigenvalue weighted by Gasteiger charge is 2.36. The zero-order valence-electron chi connectivity index (χ0n) is 15.2. The maximum absolute atomic E-state index is 12.3. The van der Waals surface area contributed by atoms with Gasteiger partial charge in [-0.1, -0.05) is 44.6 Å². The summed E-state index contributed by atoms with van der Waals surface area (Å²) >= 11 is 0. The van der Waals surface area contributed by atoms with E-state index >= 15 is 0 Å². The van der Waals surface area contributed by atoms with Gasteiger partial charge in [0, 0.05) is 12.7 Å². The summed E-state index contributed by atoms with van der Waals surface area (Å²) in [5.74, 6) is 2.75. The van der Waals surface area contributed by atoms with Gasteiger partial charge in [-0.3, -0.25) is 4.79 Å². The van der Waals surface area contributed by atoms with Crippen LogP contribution in [-0.4, -0.2) is 16.9 Å². The second-order valence-electron chi connectivity index (χ2n) is 7.55. The van der Waals surface area contributed by atoms with Gasteiger partial charge in [0.1, 0.15) is 5.82 Å². The number of hydrogen-bond donors (Lipinski definition) is 3. The number of nitrogen functional groups attached to an aromatic ring is 1. The number of anilines is 1. The van der Waals surface area contributed by atoms with Crippen LogP contribution in [0.5, 0.6) is 0 Å². The number of nitrogens with one attached hydrogen (secondary N) is 1. The van der Waals surface area contributed by atoms with Gasteiger partial charge in [0.25, 0.3) is 0 Å². The Morgan fingerprint density at radius 2 is 1.88 bits per heavy atom. The molecule has 148 valence electrons. The van der Waals surface area contributed by atoms with E-state index in [0.29, 0.717) is 18.3 Å². The lowest BCUT2D eigenvalue weighted by atomic mass is 9.64. The molecule has 0 bridgehead atoms. The first-order chi connectivity index (χ1) is 11.6. The highest BCUT2D eigenvalue weighted by atomic mass is 35.5. The van der Waals surface area contributed by atoms with Gasteiger partial charge < -0.3 is 16.8 Å². The first-order valence-electron chi connectivity index (χ1n) is 9.37. The zero-order chi connectivity index (χ0) is 16.9. The van der Waals surface area contributed by atoms with E-state index in [4.69, 9.17) is 11.5 Å². The number of carbonyl (C=O) groups excluding carboxylic acids is 1. The Balaban J connectivity index is 0.00000169. The minimum atomic E-state index is -0.405. The Morgan fingerprint density at radius 1 is 1.15 bits per heavy atom. The minimum absolute atomic E-state index is 0. The summed E-state index contributed by atoms with van der Waals surface area (Å²) in [6, 6.07) is 3.21. The van der Waals surface area contributed by atoms with E-state index in [1.807, 2.05) is 6.07 Å². The van der Waals surface area contributed by atoms with Crippen molar-refractivity contribution in [1.82, 2.24) is 10.3 Å². The van der Waals surface area contributed by atoms with Crippen molar-refractivity contribution in [1.29, 1.82) is 0 Å². The van der Waals surface area contributed by atoms with Gasteiger partial charge in [0.2, 0.25) is 5.91 Å². The zero-order valence-corrected chi connectivity index (χ0v) is 16.9. The van der Waals surface area contributed by atoms with Crippen molar-refractivity contribution in [2.75, 3.05) is 5.73 Å². The average molecular weight is 403 g/mol. The van der Waals surface area contributed by atoms with Gasteiger partial charge in [-0.05, 0) is 42.2 Å². The van der Waals surface area contributed by atoms with Gasteiger partial charge in [-0.2, -0.15) is 0 Å². The van der Waals surface area contributed by atoms with Crippen molar-refractivity contribution in [2.45, 2.75) is 64.0 Å². The molecule has 0 radical (unpaired) electrons. The minimum Gasteiger partial charge on any atom is -0.384 e. The van der Waals surface area contributed by atoms with Crippen molar-refractivity contribution in [3.8, 4) is 0 Å². The Bertz CT molecular complexity index is 553. The predicted molar refractivity (Wildman–Crippen MR) is 110 cm³/mol. The van der Waals surface area contributed by atoms with Crippen molar-refractivity contribution >= 4 is 36.5 Å². The molecule has 1 aromatic rings. The Hall–Kier alpha value is -1.04. The van der Waals surface area contributed by atoms with E-state index in [1.54, 1.807) is 12.3 Å². The number of nitrogens with two attached hydrogens (primary N) is 2. The van der Waals surface area contributed by atoms with E-state index in [0.717, 1.165) is 23.8 Å². The third-order valence-corrected chi connectivity index (χ3v) is 5.93. The number of carbonyl (C=O) groups is 1. The molecule has 0 aliphatic heterocycles. The number of hydrogen-bond acceptors (Lipinski definition) is 4. The van der Waals surface area contributed by atoms with Crippen molar-refractivity contribution in [2.24, 2.45) is 23.5 Å². The van der Waals surface area contributed by atoms with Crippen LogP contribution in [0.15, 0.2) is 18.3 Å². The molecular weight excluding hydrogens is 371 g/mol. The highest BCUT2D eigenvalue weighted by Crippen LogP contribution is 2.45. The molecule has 0 spiro atoms. The van der Waals surface area contributed by atoms with Crippen molar-refractivity contribution in [3.63, 3.8) is 0 Å². The Labute approximate surface area is 168 Å². The molecule has 2 fully saturated rings. The SMILES string of the molecule is Cl.Cl.Nc1ccc(CNC(=O)C(N)CC2CCCC3CCCCC32)cn1. The number of rotatable bonds is 5. The summed E-state index contributed by atoms with van der Waals surface area (Å²) in [6.45, 7) is 0.455. The molecule has 26 heavy (non-hydrogen) atoms. The summed E-state index contributed by atoms with van der Waals surface area (Å²) in [7, 11) is 0. The van der Waals surface area contributed by atoms with E-state index in [9.17, 15) is 4.79 Å². The fraction of sp³-hybridized carbons (Fsp3) is 0.684. The van der Waals surface area contributed by atoms with Crippen LogP contribution in [-0.2, 0) is 11.3 Å². The van der Waals surface area contributed by atoms with Crippen LogP contribution in [0.2, 0.25) is 0 Å². The molecular formula is C19H32Cl2N4O. The monoisotopic (exact) mass is 402 g/mol. The van der Waals surface area contributed by atoms with E-state index in [2.05, 4.69) is 10.3 Å². The maximum atomic E-state index is 12.3. The number of amides is 1. The topological polar surface area (TPSA) is 94.0 Å². The fourth-order valence-electron chi connectivity index (χ4n) is 4.66. The molecule has 1 aromatic heterocycles.